The van der Waals surface area contributed by atoms with Crippen LogP contribution < -0.4 is 10.1 Å². The molecular weight excluding hydrogens is 408 g/mol. The van der Waals surface area contributed by atoms with E-state index in [1.807, 2.05) is 44.2 Å². The molecule has 4 rings (SSSR count). The summed E-state index contributed by atoms with van der Waals surface area (Å²) in [6.07, 6.45) is 4.24. The van der Waals surface area contributed by atoms with Crippen LogP contribution in [0.25, 0.3) is 16.7 Å². The minimum Gasteiger partial charge on any atom is -0.464 e. The van der Waals surface area contributed by atoms with E-state index in [0.717, 1.165) is 16.8 Å². The van der Waals surface area contributed by atoms with Gasteiger partial charge in [0.2, 0.25) is 5.88 Å². The number of carbonyl (C=O) groups excluding carboxylic acids is 1. The van der Waals surface area contributed by atoms with Gasteiger partial charge in [0.05, 0.1) is 18.5 Å². The summed E-state index contributed by atoms with van der Waals surface area (Å²) in [6, 6.07) is 11.5. The second-order valence-corrected chi connectivity index (χ2v) is 7.36. The van der Waals surface area contributed by atoms with Crippen LogP contribution in [0, 0.1) is 13.8 Å². The number of hydrogen-bond acceptors (Lipinski definition) is 7. The second kappa shape index (κ2) is 9.52. The third kappa shape index (κ3) is 4.57. The Morgan fingerprint density at radius 1 is 1.09 bits per heavy atom. The molecule has 0 fully saturated rings. The Morgan fingerprint density at radius 3 is 2.69 bits per heavy atom. The molecule has 1 amide bonds. The Labute approximate surface area is 185 Å². The fourth-order valence-electron chi connectivity index (χ4n) is 3.25. The van der Waals surface area contributed by atoms with Gasteiger partial charge in [0.1, 0.15) is 17.5 Å². The van der Waals surface area contributed by atoms with Crippen molar-refractivity contribution in [2.24, 2.45) is 0 Å². The van der Waals surface area contributed by atoms with E-state index >= 15 is 0 Å². The highest BCUT2D eigenvalue weighted by Crippen LogP contribution is 2.26. The minimum atomic E-state index is -0.835. The number of amides is 1. The van der Waals surface area contributed by atoms with Crippen molar-refractivity contribution >= 4 is 22.8 Å². The Morgan fingerprint density at radius 2 is 1.94 bits per heavy atom. The van der Waals surface area contributed by atoms with Gasteiger partial charge in [-0.05, 0) is 37.1 Å². The predicted octanol–water partition coefficient (Wildman–Crippen LogP) is 3.25. The lowest BCUT2D eigenvalue weighted by Gasteiger charge is -2.18. The van der Waals surface area contributed by atoms with Crippen LogP contribution in [0.2, 0.25) is 0 Å². The van der Waals surface area contributed by atoms with Crippen LogP contribution in [-0.2, 0) is 9.53 Å². The number of para-hydroxylation sites is 1. The summed E-state index contributed by atoms with van der Waals surface area (Å²) < 4.78 is 12.9. The van der Waals surface area contributed by atoms with E-state index in [-0.39, 0.29) is 11.8 Å². The van der Waals surface area contributed by atoms with E-state index in [2.05, 4.69) is 25.4 Å². The van der Waals surface area contributed by atoms with Gasteiger partial charge in [0.15, 0.2) is 11.8 Å². The predicted molar refractivity (Wildman–Crippen MR) is 120 cm³/mol. The Balaban J connectivity index is 1.62. The SMILES string of the molecule is COCC[C@@H](Oc1ncnc2c1cnn2-c1ccccc1C)C(=O)Nc1ccc(C)cn1. The maximum absolute atomic E-state index is 12.9. The highest BCUT2D eigenvalue weighted by atomic mass is 16.5. The summed E-state index contributed by atoms with van der Waals surface area (Å²) in [6.45, 7) is 4.28. The Hall–Kier alpha value is -3.85. The standard InChI is InChI=1S/C23H24N6O3/c1-15-8-9-20(24-12-15)28-22(30)19(10-11-31-3)32-23-17-13-27-29(21(17)25-14-26-23)18-7-5-4-6-16(18)2/h4-9,12-14,19H,10-11H2,1-3H3,(H,24,28,30)/t19-/m1/s1. The number of anilines is 1. The van der Waals surface area contributed by atoms with Crippen LogP contribution in [0.15, 0.2) is 55.1 Å². The molecule has 3 heterocycles. The molecule has 0 spiro atoms. The van der Waals surface area contributed by atoms with E-state index < -0.39 is 6.10 Å². The van der Waals surface area contributed by atoms with E-state index in [9.17, 15) is 4.79 Å². The van der Waals surface area contributed by atoms with Gasteiger partial charge in [0.25, 0.3) is 5.91 Å². The van der Waals surface area contributed by atoms with E-state index in [4.69, 9.17) is 9.47 Å². The Bertz CT molecular complexity index is 1220. The summed E-state index contributed by atoms with van der Waals surface area (Å²) in [7, 11) is 1.58. The molecule has 3 aromatic heterocycles. The van der Waals surface area contributed by atoms with Crippen molar-refractivity contribution in [3.8, 4) is 11.6 Å². The molecule has 1 N–H and O–H groups in total. The van der Waals surface area contributed by atoms with Gasteiger partial charge in [-0.1, -0.05) is 24.3 Å². The van der Waals surface area contributed by atoms with E-state index in [0.29, 0.717) is 29.9 Å². The topological polar surface area (TPSA) is 104 Å². The van der Waals surface area contributed by atoms with Crippen LogP contribution in [0.3, 0.4) is 0 Å². The molecule has 164 valence electrons. The van der Waals surface area contributed by atoms with Crippen LogP contribution in [0.5, 0.6) is 5.88 Å². The van der Waals surface area contributed by atoms with Crippen molar-refractivity contribution in [2.45, 2.75) is 26.4 Å². The first kappa shape index (κ1) is 21.4. The van der Waals surface area contributed by atoms with Crippen molar-refractivity contribution in [3.05, 3.63) is 66.2 Å². The van der Waals surface area contributed by atoms with Crippen molar-refractivity contribution in [1.29, 1.82) is 0 Å². The quantitative estimate of drug-likeness (QED) is 0.456. The minimum absolute atomic E-state index is 0.281. The largest absolute Gasteiger partial charge is 0.464 e. The molecule has 32 heavy (non-hydrogen) atoms. The fourth-order valence-corrected chi connectivity index (χ4v) is 3.25. The normalized spacial score (nSPS) is 12.0. The number of benzene rings is 1. The molecule has 0 bridgehead atoms. The summed E-state index contributed by atoms with van der Waals surface area (Å²) in [5.41, 5.74) is 3.56. The zero-order valence-corrected chi connectivity index (χ0v) is 18.1. The summed E-state index contributed by atoms with van der Waals surface area (Å²) in [4.78, 5) is 25.8. The molecule has 9 heteroatoms. The second-order valence-electron chi connectivity index (χ2n) is 7.36. The van der Waals surface area contributed by atoms with Gasteiger partial charge < -0.3 is 14.8 Å². The molecule has 0 radical (unpaired) electrons. The van der Waals surface area contributed by atoms with E-state index in [1.54, 1.807) is 30.3 Å². The number of hydrogen-bond donors (Lipinski definition) is 1. The maximum Gasteiger partial charge on any atom is 0.266 e. The number of fused-ring (bicyclic) bond motifs is 1. The number of aromatic nitrogens is 5. The average Bonchev–Trinajstić information content (AvgIpc) is 3.23. The average molecular weight is 432 g/mol. The lowest BCUT2D eigenvalue weighted by Crippen LogP contribution is -2.34. The van der Waals surface area contributed by atoms with Gasteiger partial charge in [0, 0.05) is 19.7 Å². The molecule has 0 saturated heterocycles. The smallest absolute Gasteiger partial charge is 0.266 e. The Kier molecular flexibility index (Phi) is 6.37. The van der Waals surface area contributed by atoms with Crippen LogP contribution in [0.4, 0.5) is 5.82 Å². The number of nitrogens with zero attached hydrogens (tertiary/aromatic N) is 5. The zero-order valence-electron chi connectivity index (χ0n) is 18.1. The number of ether oxygens (including phenoxy) is 2. The van der Waals surface area contributed by atoms with Gasteiger partial charge >= 0.3 is 0 Å². The van der Waals surface area contributed by atoms with Gasteiger partial charge in [-0.25, -0.2) is 19.6 Å². The maximum atomic E-state index is 12.9. The molecule has 1 atom stereocenters. The molecule has 0 aliphatic heterocycles. The number of methoxy groups -OCH3 is 1. The molecule has 1 aromatic carbocycles. The summed E-state index contributed by atoms with van der Waals surface area (Å²) >= 11 is 0. The number of carbonyl (C=O) groups is 1. The number of nitrogens with one attached hydrogen (secondary N) is 1. The molecule has 0 saturated carbocycles. The number of aryl methyl sites for hydroxylation is 2. The summed E-state index contributed by atoms with van der Waals surface area (Å²) in [5, 5.41) is 7.88. The first-order valence-corrected chi connectivity index (χ1v) is 10.2. The highest BCUT2D eigenvalue weighted by Gasteiger charge is 2.24. The lowest BCUT2D eigenvalue weighted by atomic mass is 10.2. The molecule has 0 aliphatic carbocycles. The molecule has 0 aliphatic rings. The van der Waals surface area contributed by atoms with E-state index in [1.165, 1.54) is 6.33 Å². The van der Waals surface area contributed by atoms with Crippen LogP contribution >= 0.6 is 0 Å². The van der Waals surface area contributed by atoms with Gasteiger partial charge in [-0.3, -0.25) is 4.79 Å². The van der Waals surface area contributed by atoms with Crippen LogP contribution in [0.1, 0.15) is 17.5 Å². The highest BCUT2D eigenvalue weighted by molar-refractivity contribution is 5.94. The molecular formula is C23H24N6O3. The first-order valence-electron chi connectivity index (χ1n) is 10.2. The third-order valence-electron chi connectivity index (χ3n) is 4.97. The van der Waals surface area contributed by atoms with Crippen molar-refractivity contribution in [3.63, 3.8) is 0 Å². The summed E-state index contributed by atoms with van der Waals surface area (Å²) in [5.74, 6) is 0.395. The molecule has 9 nitrogen and oxygen atoms in total. The first-order chi connectivity index (χ1) is 15.6. The third-order valence-corrected chi connectivity index (χ3v) is 4.97. The van der Waals surface area contributed by atoms with Crippen molar-refractivity contribution < 1.29 is 14.3 Å². The molecule has 0 unspecified atom stereocenters. The van der Waals surface area contributed by atoms with Gasteiger partial charge in [-0.2, -0.15) is 5.10 Å². The lowest BCUT2D eigenvalue weighted by molar-refractivity contribution is -0.123. The van der Waals surface area contributed by atoms with Crippen molar-refractivity contribution in [2.75, 3.05) is 19.0 Å². The zero-order chi connectivity index (χ0) is 22.5. The van der Waals surface area contributed by atoms with Crippen molar-refractivity contribution in [1.82, 2.24) is 24.7 Å². The fraction of sp³-hybridized carbons (Fsp3) is 0.261. The van der Waals surface area contributed by atoms with Gasteiger partial charge in [-0.15, -0.1) is 0 Å². The monoisotopic (exact) mass is 432 g/mol. The number of pyridine rings is 1. The van der Waals surface area contributed by atoms with Crippen LogP contribution in [-0.4, -0.2) is 50.5 Å². The molecule has 4 aromatic rings. The number of rotatable bonds is 8.